The van der Waals surface area contributed by atoms with E-state index >= 15 is 0 Å². The van der Waals surface area contributed by atoms with Crippen molar-refractivity contribution in [2.24, 2.45) is 0 Å². The number of thiazole rings is 1. The molecule has 2 aromatic heterocycles. The van der Waals surface area contributed by atoms with Crippen molar-refractivity contribution in [3.8, 4) is 5.13 Å². The minimum atomic E-state index is -0.265. The second kappa shape index (κ2) is 8.20. The van der Waals surface area contributed by atoms with Crippen LogP contribution >= 0.6 is 11.3 Å². The number of nitrogens with one attached hydrogen (secondary N) is 2. The maximum absolute atomic E-state index is 11.9. The molecule has 2 N–H and O–H groups in total. The smallest absolute Gasteiger partial charge is 0.251 e. The Bertz CT molecular complexity index is 830. The van der Waals surface area contributed by atoms with Crippen LogP contribution in [0.3, 0.4) is 0 Å². The number of rotatable bonds is 7. The summed E-state index contributed by atoms with van der Waals surface area (Å²) in [5, 5.41) is 12.2. The van der Waals surface area contributed by atoms with Gasteiger partial charge in [0.15, 0.2) is 0 Å². The van der Waals surface area contributed by atoms with Gasteiger partial charge in [-0.2, -0.15) is 5.10 Å². The molecule has 0 aliphatic carbocycles. The van der Waals surface area contributed by atoms with E-state index in [2.05, 4.69) is 20.7 Å². The lowest BCUT2D eigenvalue weighted by molar-refractivity contribution is -0.120. The number of carbonyl (C=O) groups is 2. The molecule has 128 valence electrons. The fourth-order valence-corrected chi connectivity index (χ4v) is 2.94. The van der Waals surface area contributed by atoms with Gasteiger partial charge in [0.1, 0.15) is 0 Å². The standard InChI is InChI=1S/C17H17N5O2S/c23-15(11-19-16(24)13-5-2-1-3-6-13)18-9-7-14-12-25-17(21-14)22-10-4-8-20-22/h1-6,8,10,12H,7,9,11H2,(H,18,23)(H,19,24). The first-order chi connectivity index (χ1) is 12.2. The van der Waals surface area contributed by atoms with Crippen LogP contribution in [0.4, 0.5) is 0 Å². The zero-order valence-electron chi connectivity index (χ0n) is 13.4. The average molecular weight is 355 g/mol. The Hall–Kier alpha value is -3.00. The molecule has 0 fully saturated rings. The van der Waals surface area contributed by atoms with Crippen molar-refractivity contribution in [2.45, 2.75) is 6.42 Å². The molecule has 0 bridgehead atoms. The Labute approximate surface area is 148 Å². The van der Waals surface area contributed by atoms with E-state index in [1.807, 2.05) is 23.7 Å². The van der Waals surface area contributed by atoms with Crippen LogP contribution in [0.5, 0.6) is 0 Å². The topological polar surface area (TPSA) is 88.9 Å². The van der Waals surface area contributed by atoms with Crippen molar-refractivity contribution in [3.63, 3.8) is 0 Å². The summed E-state index contributed by atoms with van der Waals surface area (Å²) in [5.41, 5.74) is 1.42. The molecular weight excluding hydrogens is 338 g/mol. The maximum atomic E-state index is 11.9. The third kappa shape index (κ3) is 4.74. The van der Waals surface area contributed by atoms with Crippen LogP contribution in [0.1, 0.15) is 16.1 Å². The lowest BCUT2D eigenvalue weighted by Crippen LogP contribution is -2.37. The van der Waals surface area contributed by atoms with Crippen LogP contribution in [0, 0.1) is 0 Å². The lowest BCUT2D eigenvalue weighted by atomic mass is 10.2. The van der Waals surface area contributed by atoms with Gasteiger partial charge in [-0.05, 0) is 18.2 Å². The number of amides is 2. The highest BCUT2D eigenvalue weighted by Crippen LogP contribution is 2.13. The molecule has 3 aromatic rings. The van der Waals surface area contributed by atoms with Crippen LogP contribution < -0.4 is 10.6 Å². The molecule has 3 rings (SSSR count). The minimum Gasteiger partial charge on any atom is -0.354 e. The van der Waals surface area contributed by atoms with Gasteiger partial charge in [0.05, 0.1) is 12.2 Å². The monoisotopic (exact) mass is 355 g/mol. The van der Waals surface area contributed by atoms with Crippen molar-refractivity contribution in [1.29, 1.82) is 0 Å². The Morgan fingerprint density at radius 2 is 1.96 bits per heavy atom. The summed E-state index contributed by atoms with van der Waals surface area (Å²) in [6.45, 7) is 0.408. The van der Waals surface area contributed by atoms with Gasteiger partial charge >= 0.3 is 0 Å². The quantitative estimate of drug-likeness (QED) is 0.671. The Morgan fingerprint density at radius 1 is 1.12 bits per heavy atom. The summed E-state index contributed by atoms with van der Waals surface area (Å²) in [6.07, 6.45) is 4.15. The molecule has 2 amide bonds. The molecule has 7 nitrogen and oxygen atoms in total. The van der Waals surface area contributed by atoms with Crippen LogP contribution in [0.15, 0.2) is 54.2 Å². The van der Waals surface area contributed by atoms with Crippen molar-refractivity contribution in [1.82, 2.24) is 25.4 Å². The van der Waals surface area contributed by atoms with E-state index in [0.717, 1.165) is 10.8 Å². The summed E-state index contributed by atoms with van der Waals surface area (Å²) >= 11 is 1.50. The summed E-state index contributed by atoms with van der Waals surface area (Å²) in [5.74, 6) is -0.495. The minimum absolute atomic E-state index is 0.0523. The highest BCUT2D eigenvalue weighted by Gasteiger charge is 2.08. The first-order valence-electron chi connectivity index (χ1n) is 7.77. The Kier molecular flexibility index (Phi) is 5.53. The predicted molar refractivity (Wildman–Crippen MR) is 94.7 cm³/mol. The molecule has 8 heteroatoms. The Balaban J connectivity index is 1.39. The molecule has 0 aliphatic heterocycles. The number of benzene rings is 1. The number of hydrogen-bond donors (Lipinski definition) is 2. The first kappa shape index (κ1) is 16.8. The zero-order chi connectivity index (χ0) is 17.5. The number of hydrogen-bond acceptors (Lipinski definition) is 5. The maximum Gasteiger partial charge on any atom is 0.251 e. The van der Waals surface area contributed by atoms with Crippen LogP contribution in [0.2, 0.25) is 0 Å². The summed E-state index contributed by atoms with van der Waals surface area (Å²) in [4.78, 5) is 28.1. The van der Waals surface area contributed by atoms with Gasteiger partial charge in [0.2, 0.25) is 11.0 Å². The molecule has 2 heterocycles. The normalized spacial score (nSPS) is 10.4. The van der Waals surface area contributed by atoms with E-state index < -0.39 is 0 Å². The second-order valence-electron chi connectivity index (χ2n) is 5.22. The van der Waals surface area contributed by atoms with Crippen LogP contribution in [0.25, 0.3) is 5.13 Å². The van der Waals surface area contributed by atoms with Gasteiger partial charge < -0.3 is 10.6 Å². The largest absolute Gasteiger partial charge is 0.354 e. The predicted octanol–water partition coefficient (Wildman–Crippen LogP) is 1.42. The lowest BCUT2D eigenvalue weighted by Gasteiger charge is -2.06. The van der Waals surface area contributed by atoms with Gasteiger partial charge in [-0.15, -0.1) is 11.3 Å². The van der Waals surface area contributed by atoms with E-state index in [4.69, 9.17) is 0 Å². The van der Waals surface area contributed by atoms with Gasteiger partial charge in [-0.1, -0.05) is 18.2 Å². The molecule has 1 aromatic carbocycles. The van der Waals surface area contributed by atoms with Crippen LogP contribution in [-0.2, 0) is 11.2 Å². The van der Waals surface area contributed by atoms with Gasteiger partial charge in [0, 0.05) is 36.3 Å². The molecule has 0 saturated heterocycles. The van der Waals surface area contributed by atoms with Gasteiger partial charge in [-0.3, -0.25) is 9.59 Å². The van der Waals surface area contributed by atoms with Crippen molar-refractivity contribution in [3.05, 3.63) is 65.4 Å². The molecule has 0 aliphatic rings. The zero-order valence-corrected chi connectivity index (χ0v) is 14.2. The Morgan fingerprint density at radius 3 is 2.72 bits per heavy atom. The van der Waals surface area contributed by atoms with Crippen molar-refractivity contribution in [2.75, 3.05) is 13.1 Å². The summed E-state index contributed by atoms with van der Waals surface area (Å²) in [7, 11) is 0. The molecule has 0 spiro atoms. The fourth-order valence-electron chi connectivity index (χ4n) is 2.14. The summed E-state index contributed by atoms with van der Waals surface area (Å²) < 4.78 is 1.70. The third-order valence-electron chi connectivity index (χ3n) is 3.39. The third-order valence-corrected chi connectivity index (χ3v) is 4.27. The van der Waals surface area contributed by atoms with Crippen LogP contribution in [-0.4, -0.2) is 39.7 Å². The highest BCUT2D eigenvalue weighted by molar-refractivity contribution is 7.12. The molecular formula is C17H17N5O2S. The summed E-state index contributed by atoms with van der Waals surface area (Å²) in [6, 6.07) is 10.6. The van der Waals surface area contributed by atoms with Crippen molar-refractivity contribution < 1.29 is 9.59 Å². The SMILES string of the molecule is O=C(CNC(=O)c1ccccc1)NCCc1csc(-n2cccn2)n1. The van der Waals surface area contributed by atoms with Gasteiger partial charge in [-0.25, -0.2) is 9.67 Å². The molecule has 0 radical (unpaired) electrons. The first-order valence-corrected chi connectivity index (χ1v) is 8.65. The van der Waals surface area contributed by atoms with E-state index in [0.29, 0.717) is 18.5 Å². The number of carbonyl (C=O) groups excluding carboxylic acids is 2. The van der Waals surface area contributed by atoms with Crippen molar-refractivity contribution >= 4 is 23.2 Å². The number of nitrogens with zero attached hydrogens (tertiary/aromatic N) is 3. The molecule has 25 heavy (non-hydrogen) atoms. The van der Waals surface area contributed by atoms with E-state index in [9.17, 15) is 9.59 Å². The number of aromatic nitrogens is 3. The van der Waals surface area contributed by atoms with E-state index in [-0.39, 0.29) is 18.4 Å². The molecule has 0 unspecified atom stereocenters. The highest BCUT2D eigenvalue weighted by atomic mass is 32.1. The molecule has 0 atom stereocenters. The molecule has 0 saturated carbocycles. The van der Waals surface area contributed by atoms with Gasteiger partial charge in [0.25, 0.3) is 5.91 Å². The second-order valence-corrected chi connectivity index (χ2v) is 6.06. The van der Waals surface area contributed by atoms with E-state index in [1.165, 1.54) is 11.3 Å². The average Bonchev–Trinajstić information content (AvgIpc) is 3.32. The van der Waals surface area contributed by atoms with E-state index in [1.54, 1.807) is 35.1 Å². The fraction of sp³-hybridized carbons (Fsp3) is 0.176.